The molecule has 8 rings (SSSR count). The van der Waals surface area contributed by atoms with Gasteiger partial charge >= 0.3 is 29.8 Å². The molecule has 0 N–H and O–H groups in total. The first-order chi connectivity index (χ1) is 28.8. The lowest BCUT2D eigenvalue weighted by Crippen LogP contribution is -2.24. The van der Waals surface area contributed by atoms with Gasteiger partial charge in [-0.15, -0.1) is 9.03 Å². The van der Waals surface area contributed by atoms with E-state index >= 15 is 0 Å². The van der Waals surface area contributed by atoms with Crippen LogP contribution in [0.1, 0.15) is 225 Å². The van der Waals surface area contributed by atoms with Crippen LogP contribution in [0, 0.1) is 5.92 Å². The molecular weight excluding hydrogens is 844 g/mol. The second-order valence-corrected chi connectivity index (χ2v) is 29.0. The van der Waals surface area contributed by atoms with Crippen LogP contribution in [-0.2, 0) is 31.7 Å². The zero-order chi connectivity index (χ0) is 40.4. The van der Waals surface area contributed by atoms with Crippen LogP contribution in [-0.4, -0.2) is 42.7 Å². The van der Waals surface area contributed by atoms with E-state index in [1.54, 1.807) is 0 Å². The third-order valence-electron chi connectivity index (χ3n) is 14.2. The maximum atomic E-state index is 8.13. The lowest BCUT2D eigenvalue weighted by atomic mass is 9.89. The standard InChI is InChI=1S/C43H79ClN4O7P4/c1-36-32-34-43(35-33-36)55-58(52-40-26-14-5-15-27-40)46-56(44,49-37-20-8-2-9-21-37)45-57(50-38-22-10-3-11-23-38,51-39-24-12-4-13-25-39)47-59(48-58,53-41-28-16-6-17-29-41)54-42-30-18-7-19-31-42/h36-43H,2-35H2,1H3. The van der Waals surface area contributed by atoms with Crippen molar-refractivity contribution in [3.8, 4) is 0 Å². The minimum atomic E-state index is -3.66. The minimum Gasteiger partial charge on any atom is -0.312 e. The smallest absolute Gasteiger partial charge is 0.312 e. The van der Waals surface area contributed by atoms with Gasteiger partial charge in [-0.25, -0.2) is 0 Å². The van der Waals surface area contributed by atoms with Crippen LogP contribution in [0.25, 0.3) is 0 Å². The average Bonchev–Trinajstić information content (AvgIpc) is 3.23. The Morgan fingerprint density at radius 1 is 0.288 bits per heavy atom. The van der Waals surface area contributed by atoms with E-state index < -0.39 is 29.8 Å². The van der Waals surface area contributed by atoms with Gasteiger partial charge in [-0.05, 0) is 120 Å². The molecule has 0 aromatic heterocycles. The lowest BCUT2D eigenvalue weighted by Gasteiger charge is -2.40. The first kappa shape index (κ1) is 46.5. The summed E-state index contributed by atoms with van der Waals surface area (Å²) in [6.45, 7) is -1.28. The molecule has 7 saturated carbocycles. The predicted octanol–water partition coefficient (Wildman–Crippen LogP) is 17.7. The van der Waals surface area contributed by atoms with Gasteiger partial charge in [0.2, 0.25) is 0 Å². The zero-order valence-electron chi connectivity index (χ0n) is 36.5. The van der Waals surface area contributed by atoms with Gasteiger partial charge in [-0.3, -0.25) is 0 Å². The van der Waals surface area contributed by atoms with Crippen LogP contribution in [0.4, 0.5) is 0 Å². The second-order valence-electron chi connectivity index (χ2n) is 19.5. The average molecular weight is 923 g/mol. The molecule has 59 heavy (non-hydrogen) atoms. The maximum absolute atomic E-state index is 8.13. The molecule has 2 unspecified atom stereocenters. The highest BCUT2D eigenvalue weighted by atomic mass is 35.7. The fraction of sp³-hybridized carbons (Fsp3) is 1.00. The Labute approximate surface area is 363 Å². The minimum absolute atomic E-state index is 0.0555. The molecule has 0 saturated heterocycles. The summed E-state index contributed by atoms with van der Waals surface area (Å²) in [6, 6.07) is 0. The van der Waals surface area contributed by atoms with Crippen molar-refractivity contribution in [2.45, 2.75) is 268 Å². The molecular formula is C43H79ClN4O7P4. The van der Waals surface area contributed by atoms with Crippen LogP contribution in [0.2, 0.25) is 0 Å². The summed E-state index contributed by atoms with van der Waals surface area (Å²) in [6.07, 6.45) is 35.4. The van der Waals surface area contributed by atoms with Crippen molar-refractivity contribution >= 4 is 41.0 Å². The normalized spacial score (nSPS) is 35.4. The molecule has 8 aliphatic rings. The first-order valence-electron chi connectivity index (χ1n) is 24.8. The molecule has 11 nitrogen and oxygen atoms in total. The van der Waals surface area contributed by atoms with Gasteiger partial charge in [0.25, 0.3) is 0 Å². The van der Waals surface area contributed by atoms with Gasteiger partial charge in [-0.2, -0.15) is 9.03 Å². The van der Waals surface area contributed by atoms with Gasteiger partial charge in [-0.1, -0.05) is 122 Å². The first-order valence-corrected chi connectivity index (χ1v) is 31.9. The van der Waals surface area contributed by atoms with E-state index in [0.29, 0.717) is 5.92 Å². The Bertz CT molecular complexity index is 1500. The third kappa shape index (κ3) is 13.7. The highest BCUT2D eigenvalue weighted by Crippen LogP contribution is 2.84. The number of nitrogens with zero attached hydrogens (tertiary/aromatic N) is 4. The summed E-state index contributed by atoms with van der Waals surface area (Å²) in [5.74, 6) is 0.656. The molecule has 1 aliphatic heterocycles. The van der Waals surface area contributed by atoms with Crippen LogP contribution < -0.4 is 0 Å². The van der Waals surface area contributed by atoms with Crippen molar-refractivity contribution in [1.29, 1.82) is 0 Å². The zero-order valence-corrected chi connectivity index (χ0v) is 40.8. The summed E-state index contributed by atoms with van der Waals surface area (Å²) in [5, 5.41) is 0. The quantitative estimate of drug-likeness (QED) is 0.159. The Balaban J connectivity index is 1.37. The molecule has 0 spiro atoms. The van der Waals surface area contributed by atoms with Gasteiger partial charge in [0.1, 0.15) is 0 Å². The Morgan fingerprint density at radius 3 is 0.831 bits per heavy atom. The molecule has 7 fully saturated rings. The molecule has 7 aliphatic carbocycles. The molecule has 0 radical (unpaired) electrons. The molecule has 1 heterocycles. The largest absolute Gasteiger partial charge is 0.349 e. The summed E-state index contributed by atoms with van der Waals surface area (Å²) >= 11 is 8.13. The Kier molecular flexibility index (Phi) is 17.7. The molecule has 16 heteroatoms. The highest BCUT2D eigenvalue weighted by molar-refractivity contribution is 7.93. The molecule has 0 amide bonds. The molecule has 340 valence electrons. The van der Waals surface area contributed by atoms with Crippen molar-refractivity contribution in [2.75, 3.05) is 0 Å². The van der Waals surface area contributed by atoms with E-state index in [9.17, 15) is 0 Å². The summed E-state index contributed by atoms with van der Waals surface area (Å²) < 4.78 is 75.5. The van der Waals surface area contributed by atoms with Crippen LogP contribution >= 0.6 is 41.0 Å². The van der Waals surface area contributed by atoms with E-state index in [1.165, 1.54) is 38.5 Å². The van der Waals surface area contributed by atoms with Gasteiger partial charge < -0.3 is 31.7 Å². The van der Waals surface area contributed by atoms with E-state index in [-0.39, 0.29) is 42.7 Å². The Hall–Kier alpha value is 0.930. The van der Waals surface area contributed by atoms with Crippen LogP contribution in [0.5, 0.6) is 0 Å². The van der Waals surface area contributed by atoms with Gasteiger partial charge in [0.15, 0.2) is 0 Å². The number of hydrogen-bond donors (Lipinski definition) is 0. The fourth-order valence-electron chi connectivity index (χ4n) is 10.7. The van der Waals surface area contributed by atoms with E-state index in [1.807, 2.05) is 0 Å². The predicted molar refractivity (Wildman–Crippen MR) is 243 cm³/mol. The Morgan fingerprint density at radius 2 is 0.525 bits per heavy atom. The van der Waals surface area contributed by atoms with E-state index in [4.69, 9.17) is 61.0 Å². The van der Waals surface area contributed by atoms with Gasteiger partial charge in [0.05, 0.1) is 42.7 Å². The van der Waals surface area contributed by atoms with Crippen LogP contribution in [0.3, 0.4) is 0 Å². The summed E-state index contributed by atoms with van der Waals surface area (Å²) in [5.41, 5.74) is 0. The van der Waals surface area contributed by atoms with Crippen molar-refractivity contribution < 1.29 is 31.7 Å². The number of halogens is 1. The maximum Gasteiger partial charge on any atom is 0.349 e. The van der Waals surface area contributed by atoms with E-state index in [2.05, 4.69) is 6.92 Å². The monoisotopic (exact) mass is 922 g/mol. The lowest BCUT2D eigenvalue weighted by molar-refractivity contribution is 0.0833. The molecule has 2 atom stereocenters. The second kappa shape index (κ2) is 22.4. The number of hydrogen-bond acceptors (Lipinski definition) is 11. The third-order valence-corrected chi connectivity index (χ3v) is 26.8. The van der Waals surface area contributed by atoms with Crippen LogP contribution in [0.15, 0.2) is 18.1 Å². The molecule has 0 aromatic carbocycles. The van der Waals surface area contributed by atoms with Gasteiger partial charge in [0, 0.05) is 0 Å². The number of rotatable bonds is 14. The SMILES string of the molecule is CC1CCC(OP2(OC3CCCCC3)=NP(OC3CCCCC3)(OC3CCCCC3)=NP(OC3CCCCC3)(OC3CCCCC3)=NP(Cl)(OC3CCCCC3)=N2)CC1. The molecule has 0 aromatic rings. The van der Waals surface area contributed by atoms with Crippen molar-refractivity contribution in [1.82, 2.24) is 0 Å². The van der Waals surface area contributed by atoms with E-state index in [0.717, 1.165) is 180 Å². The summed E-state index contributed by atoms with van der Waals surface area (Å²) in [7, 11) is -10.9. The van der Waals surface area contributed by atoms with Crippen molar-refractivity contribution in [3.63, 3.8) is 0 Å². The topological polar surface area (TPSA) is 114 Å². The highest BCUT2D eigenvalue weighted by Gasteiger charge is 2.48. The summed E-state index contributed by atoms with van der Waals surface area (Å²) in [4.78, 5) is 0. The fourth-order valence-corrected chi connectivity index (χ4v) is 25.7. The van der Waals surface area contributed by atoms with Crippen molar-refractivity contribution in [3.05, 3.63) is 0 Å². The van der Waals surface area contributed by atoms with Crippen molar-refractivity contribution in [2.24, 2.45) is 24.0 Å². The molecule has 0 bridgehead atoms.